The highest BCUT2D eigenvalue weighted by atomic mass is 32.2. The van der Waals surface area contributed by atoms with Crippen molar-refractivity contribution in [2.75, 3.05) is 13.1 Å². The van der Waals surface area contributed by atoms with E-state index < -0.39 is 6.04 Å². The molecule has 0 spiro atoms. The predicted octanol–water partition coefficient (Wildman–Crippen LogP) is 4.88. The second kappa shape index (κ2) is 8.67. The monoisotopic (exact) mass is 413 g/mol. The van der Waals surface area contributed by atoms with Gasteiger partial charge in [0.1, 0.15) is 11.6 Å². The molecule has 1 aromatic heterocycles. The third-order valence-electron chi connectivity index (χ3n) is 5.47. The van der Waals surface area contributed by atoms with E-state index in [1.54, 1.807) is 31.4 Å². The first-order valence-corrected chi connectivity index (χ1v) is 10.8. The van der Waals surface area contributed by atoms with E-state index in [1.807, 2.05) is 18.2 Å². The molecule has 1 aliphatic heterocycles. The summed E-state index contributed by atoms with van der Waals surface area (Å²) in [6.45, 7) is 2.71. The number of carbonyl (C=O) groups is 2. The van der Waals surface area contributed by atoms with Crippen LogP contribution in [0.15, 0.2) is 52.7 Å². The molecule has 2 heterocycles. The molecule has 1 aliphatic carbocycles. The molecule has 152 valence electrons. The average molecular weight is 414 g/mol. The normalized spacial score (nSPS) is 22.6. The number of nitrogens with zero attached hydrogens (tertiary/aromatic N) is 1. The van der Waals surface area contributed by atoms with E-state index in [4.69, 9.17) is 4.42 Å². The van der Waals surface area contributed by atoms with Crippen LogP contribution in [0, 0.1) is 11.7 Å². The first kappa shape index (κ1) is 20.1. The molecule has 1 aromatic carbocycles. The van der Waals surface area contributed by atoms with E-state index in [1.165, 1.54) is 17.8 Å². The topological polar surface area (TPSA) is 50.5 Å². The fourth-order valence-corrected chi connectivity index (χ4v) is 4.87. The smallest absolute Gasteiger partial charge is 0.186 e. The van der Waals surface area contributed by atoms with Gasteiger partial charge in [0.2, 0.25) is 0 Å². The summed E-state index contributed by atoms with van der Waals surface area (Å²) in [5.41, 5.74) is 1.47. The van der Waals surface area contributed by atoms with E-state index in [0.717, 1.165) is 24.8 Å². The van der Waals surface area contributed by atoms with Gasteiger partial charge in [-0.2, -0.15) is 0 Å². The van der Waals surface area contributed by atoms with Crippen molar-refractivity contribution in [1.82, 2.24) is 4.90 Å². The molecule has 0 N–H and O–H groups in total. The first-order chi connectivity index (χ1) is 14.0. The van der Waals surface area contributed by atoms with Crippen LogP contribution in [-0.2, 0) is 9.59 Å². The van der Waals surface area contributed by atoms with Gasteiger partial charge in [0.05, 0.1) is 12.3 Å². The number of ketones is 1. The maximum Gasteiger partial charge on any atom is 0.186 e. The molecule has 1 saturated heterocycles. The maximum absolute atomic E-state index is 14.6. The van der Waals surface area contributed by atoms with Gasteiger partial charge >= 0.3 is 0 Å². The Kier molecular flexibility index (Phi) is 6.01. The fourth-order valence-electron chi connectivity index (χ4n) is 3.95. The van der Waals surface area contributed by atoms with Crippen LogP contribution in [0.2, 0.25) is 0 Å². The zero-order valence-electron chi connectivity index (χ0n) is 16.3. The number of benzene rings is 1. The van der Waals surface area contributed by atoms with Crippen molar-refractivity contribution in [2.24, 2.45) is 5.92 Å². The summed E-state index contributed by atoms with van der Waals surface area (Å²) in [4.78, 5) is 26.9. The molecule has 29 heavy (non-hydrogen) atoms. The average Bonchev–Trinajstić information content (AvgIpc) is 3.42. The second-order valence-corrected chi connectivity index (χ2v) is 9.07. The SMILES string of the molecule is CC(=O)SC1CCN(C(C(=O)C2CC2)c2ccccc2F)C/C1=C/c1ccco1. The Labute approximate surface area is 174 Å². The van der Waals surface area contributed by atoms with Gasteiger partial charge in [-0.25, -0.2) is 4.39 Å². The van der Waals surface area contributed by atoms with E-state index in [0.29, 0.717) is 24.4 Å². The Morgan fingerprint density at radius 1 is 1.21 bits per heavy atom. The highest BCUT2D eigenvalue weighted by Gasteiger charge is 2.41. The lowest BCUT2D eigenvalue weighted by Crippen LogP contribution is -2.43. The number of Topliss-reactive ketones (excluding diaryl/α,β-unsaturated/α-hetero) is 1. The molecule has 2 unspecified atom stereocenters. The molecule has 0 bridgehead atoms. The lowest BCUT2D eigenvalue weighted by atomic mass is 9.93. The van der Waals surface area contributed by atoms with Crippen molar-refractivity contribution in [1.29, 1.82) is 0 Å². The van der Waals surface area contributed by atoms with Gasteiger partial charge in [0, 0.05) is 36.7 Å². The summed E-state index contributed by atoms with van der Waals surface area (Å²) in [6.07, 6.45) is 6.05. The van der Waals surface area contributed by atoms with Crippen molar-refractivity contribution < 1.29 is 18.4 Å². The van der Waals surface area contributed by atoms with E-state index >= 15 is 0 Å². The van der Waals surface area contributed by atoms with Gasteiger partial charge in [-0.05, 0) is 49.1 Å². The molecule has 2 fully saturated rings. The van der Waals surface area contributed by atoms with Gasteiger partial charge in [-0.1, -0.05) is 30.0 Å². The molecule has 2 aromatic rings. The fraction of sp³-hybridized carbons (Fsp3) is 0.391. The number of rotatable bonds is 6. The Hall–Kier alpha value is -2.18. The summed E-state index contributed by atoms with van der Waals surface area (Å²) in [6, 6.07) is 9.66. The van der Waals surface area contributed by atoms with Gasteiger partial charge in [-0.3, -0.25) is 14.5 Å². The van der Waals surface area contributed by atoms with Crippen molar-refractivity contribution in [3.05, 3.63) is 65.4 Å². The molecule has 2 aliphatic rings. The third kappa shape index (κ3) is 4.70. The number of piperidine rings is 1. The largest absolute Gasteiger partial charge is 0.465 e. The van der Waals surface area contributed by atoms with Crippen molar-refractivity contribution >= 4 is 28.7 Å². The van der Waals surface area contributed by atoms with Crippen LogP contribution in [0.1, 0.15) is 43.6 Å². The van der Waals surface area contributed by atoms with Gasteiger partial charge in [0.15, 0.2) is 10.9 Å². The lowest BCUT2D eigenvalue weighted by molar-refractivity contribution is -0.126. The number of hydrogen-bond acceptors (Lipinski definition) is 5. The highest BCUT2D eigenvalue weighted by Crippen LogP contribution is 2.40. The summed E-state index contributed by atoms with van der Waals surface area (Å²) in [5, 5.41) is 0.0969. The number of hydrogen-bond donors (Lipinski definition) is 0. The molecule has 2 atom stereocenters. The first-order valence-electron chi connectivity index (χ1n) is 9.96. The Morgan fingerprint density at radius 2 is 2.00 bits per heavy atom. The molecule has 0 radical (unpaired) electrons. The number of likely N-dealkylation sites (tertiary alicyclic amines) is 1. The van der Waals surface area contributed by atoms with Crippen LogP contribution >= 0.6 is 11.8 Å². The van der Waals surface area contributed by atoms with Crippen LogP contribution in [0.3, 0.4) is 0 Å². The van der Waals surface area contributed by atoms with E-state index in [9.17, 15) is 14.0 Å². The van der Waals surface area contributed by atoms with Crippen LogP contribution in [0.4, 0.5) is 4.39 Å². The standard InChI is InChI=1S/C23H24FNO3S/c1-15(26)29-21-10-11-25(14-17(21)13-18-5-4-12-28-18)22(23(27)16-8-9-16)19-6-2-3-7-20(19)24/h2-7,12-13,16,21-22H,8-11,14H2,1H3/b17-13-. The van der Waals surface area contributed by atoms with Crippen LogP contribution in [0.25, 0.3) is 6.08 Å². The Bertz CT molecular complexity index is 920. The number of furan rings is 1. The van der Waals surface area contributed by atoms with E-state index in [-0.39, 0.29) is 27.9 Å². The minimum Gasteiger partial charge on any atom is -0.465 e. The van der Waals surface area contributed by atoms with Crippen LogP contribution in [-0.4, -0.2) is 34.1 Å². The summed E-state index contributed by atoms with van der Waals surface area (Å²) < 4.78 is 20.1. The number of carbonyl (C=O) groups excluding carboxylic acids is 2. The zero-order chi connectivity index (χ0) is 20.4. The quantitative estimate of drug-likeness (QED) is 0.676. The molecule has 6 heteroatoms. The van der Waals surface area contributed by atoms with Gasteiger partial charge < -0.3 is 4.42 Å². The van der Waals surface area contributed by atoms with Crippen molar-refractivity contribution in [3.63, 3.8) is 0 Å². The van der Waals surface area contributed by atoms with Crippen molar-refractivity contribution in [2.45, 2.75) is 37.5 Å². The van der Waals surface area contributed by atoms with Gasteiger partial charge in [-0.15, -0.1) is 0 Å². The third-order valence-corrected chi connectivity index (χ3v) is 6.63. The lowest BCUT2D eigenvalue weighted by Gasteiger charge is -2.38. The predicted molar refractivity (Wildman–Crippen MR) is 112 cm³/mol. The van der Waals surface area contributed by atoms with Crippen LogP contribution < -0.4 is 0 Å². The Balaban J connectivity index is 1.66. The van der Waals surface area contributed by atoms with Gasteiger partial charge in [0.25, 0.3) is 0 Å². The zero-order valence-corrected chi connectivity index (χ0v) is 17.2. The minimum absolute atomic E-state index is 0.0291. The molecular weight excluding hydrogens is 389 g/mol. The van der Waals surface area contributed by atoms with Crippen molar-refractivity contribution in [3.8, 4) is 0 Å². The van der Waals surface area contributed by atoms with Crippen LogP contribution in [0.5, 0.6) is 0 Å². The Morgan fingerprint density at radius 3 is 2.66 bits per heavy atom. The molecular formula is C23H24FNO3S. The summed E-state index contributed by atoms with van der Waals surface area (Å²) >= 11 is 1.31. The molecule has 4 nitrogen and oxygen atoms in total. The molecule has 4 rings (SSSR count). The molecule has 1 saturated carbocycles. The maximum atomic E-state index is 14.6. The highest BCUT2D eigenvalue weighted by molar-refractivity contribution is 8.14. The minimum atomic E-state index is -0.591. The van der Waals surface area contributed by atoms with E-state index in [2.05, 4.69) is 4.90 Å². The second-order valence-electron chi connectivity index (χ2n) is 7.69. The molecule has 0 amide bonds. The summed E-state index contributed by atoms with van der Waals surface area (Å²) in [7, 11) is 0. The summed E-state index contributed by atoms with van der Waals surface area (Å²) in [5.74, 6) is 0.502. The number of halogens is 1. The number of thioether (sulfide) groups is 1.